The Hall–Kier alpha value is -1.68. The summed E-state index contributed by atoms with van der Waals surface area (Å²) in [7, 11) is 2.07. The molecule has 0 spiro atoms. The highest BCUT2D eigenvalue weighted by atomic mass is 15.3. The van der Waals surface area contributed by atoms with Gasteiger partial charge in [0.15, 0.2) is 5.82 Å². The summed E-state index contributed by atoms with van der Waals surface area (Å²) in [5.74, 6) is 2.83. The second kappa shape index (κ2) is 5.98. The van der Waals surface area contributed by atoms with Crippen molar-refractivity contribution in [2.24, 2.45) is 13.0 Å². The summed E-state index contributed by atoms with van der Waals surface area (Å²) in [6, 6.07) is 10.9. The van der Waals surface area contributed by atoms with Crippen LogP contribution in [-0.4, -0.2) is 32.3 Å². The highest BCUT2D eigenvalue weighted by Crippen LogP contribution is 2.28. The van der Waals surface area contributed by atoms with E-state index in [1.807, 2.05) is 18.2 Å². The molecule has 0 unspecified atom stereocenters. The van der Waals surface area contributed by atoms with Crippen LogP contribution < -0.4 is 0 Å². The fourth-order valence-electron chi connectivity index (χ4n) is 3.36. The van der Waals surface area contributed by atoms with E-state index in [9.17, 15) is 0 Å². The Bertz CT molecular complexity index is 590. The molecule has 4 heteroatoms. The quantitative estimate of drug-likeness (QED) is 0.865. The zero-order valence-electron chi connectivity index (χ0n) is 13.2. The Morgan fingerprint density at radius 1 is 1.19 bits per heavy atom. The molecule has 2 heterocycles. The molecule has 0 aliphatic carbocycles. The van der Waals surface area contributed by atoms with E-state index in [0.29, 0.717) is 6.04 Å². The number of benzene rings is 1. The molecule has 0 bridgehead atoms. The molecule has 21 heavy (non-hydrogen) atoms. The first kappa shape index (κ1) is 14.3. The minimum Gasteiger partial charge on any atom is -0.313 e. The lowest BCUT2D eigenvalue weighted by Crippen LogP contribution is -2.30. The standard InChI is InChI=1S/C17H24N4/c1-4-14-10-11-21(13(14)2)12-16-18-19-17(20(16)3)15-8-6-5-7-9-15/h5-9,13-14H,4,10-12H2,1-3H3/t13-,14+/m1/s1. The molecule has 1 aromatic heterocycles. The molecule has 2 atom stereocenters. The maximum Gasteiger partial charge on any atom is 0.163 e. The molecule has 1 saturated heterocycles. The summed E-state index contributed by atoms with van der Waals surface area (Å²) in [6.07, 6.45) is 2.58. The number of hydrogen-bond donors (Lipinski definition) is 0. The molecule has 1 aromatic carbocycles. The van der Waals surface area contributed by atoms with Crippen molar-refractivity contribution in [3.05, 3.63) is 36.2 Å². The average Bonchev–Trinajstić information content (AvgIpc) is 3.05. The Kier molecular flexibility index (Phi) is 4.06. The number of aromatic nitrogens is 3. The zero-order valence-corrected chi connectivity index (χ0v) is 13.2. The summed E-state index contributed by atoms with van der Waals surface area (Å²) in [4.78, 5) is 2.53. The molecular formula is C17H24N4. The van der Waals surface area contributed by atoms with E-state index >= 15 is 0 Å². The lowest BCUT2D eigenvalue weighted by Gasteiger charge is -2.23. The molecule has 3 rings (SSSR count). The summed E-state index contributed by atoms with van der Waals surface area (Å²) >= 11 is 0. The Morgan fingerprint density at radius 3 is 2.62 bits per heavy atom. The van der Waals surface area contributed by atoms with Crippen LogP contribution in [0.2, 0.25) is 0 Å². The first-order chi connectivity index (χ1) is 10.2. The van der Waals surface area contributed by atoms with Gasteiger partial charge in [0.05, 0.1) is 6.54 Å². The van der Waals surface area contributed by atoms with Crippen LogP contribution in [0.3, 0.4) is 0 Å². The predicted molar refractivity (Wildman–Crippen MR) is 84.7 cm³/mol. The molecule has 0 N–H and O–H groups in total. The molecule has 1 aliphatic heterocycles. The van der Waals surface area contributed by atoms with Crippen LogP contribution in [-0.2, 0) is 13.6 Å². The van der Waals surface area contributed by atoms with Crippen molar-refractivity contribution in [1.82, 2.24) is 19.7 Å². The SMILES string of the molecule is CC[C@H]1CCN(Cc2nnc(-c3ccccc3)n2C)[C@@H]1C. The van der Waals surface area contributed by atoms with E-state index < -0.39 is 0 Å². The van der Waals surface area contributed by atoms with Gasteiger partial charge in [-0.05, 0) is 25.8 Å². The highest BCUT2D eigenvalue weighted by molar-refractivity contribution is 5.54. The molecule has 0 radical (unpaired) electrons. The molecule has 112 valence electrons. The van der Waals surface area contributed by atoms with Crippen molar-refractivity contribution in [3.8, 4) is 11.4 Å². The fourth-order valence-corrected chi connectivity index (χ4v) is 3.36. The molecule has 4 nitrogen and oxygen atoms in total. The fraction of sp³-hybridized carbons (Fsp3) is 0.529. The van der Waals surface area contributed by atoms with E-state index in [1.54, 1.807) is 0 Å². The van der Waals surface area contributed by atoms with Gasteiger partial charge in [-0.1, -0.05) is 43.7 Å². The van der Waals surface area contributed by atoms with Crippen LogP contribution in [0, 0.1) is 5.92 Å². The lowest BCUT2D eigenvalue weighted by molar-refractivity contribution is 0.224. The minimum atomic E-state index is 0.645. The van der Waals surface area contributed by atoms with Crippen molar-refractivity contribution in [1.29, 1.82) is 0 Å². The number of rotatable bonds is 4. The first-order valence-corrected chi connectivity index (χ1v) is 7.88. The van der Waals surface area contributed by atoms with Crippen molar-refractivity contribution in [2.75, 3.05) is 6.54 Å². The van der Waals surface area contributed by atoms with E-state index in [4.69, 9.17) is 0 Å². The van der Waals surface area contributed by atoms with Gasteiger partial charge in [0, 0.05) is 18.7 Å². The van der Waals surface area contributed by atoms with Gasteiger partial charge in [-0.3, -0.25) is 4.90 Å². The van der Waals surface area contributed by atoms with Crippen LogP contribution in [0.15, 0.2) is 30.3 Å². The van der Waals surface area contributed by atoms with Crippen LogP contribution in [0.5, 0.6) is 0 Å². The molecule has 2 aromatic rings. The highest BCUT2D eigenvalue weighted by Gasteiger charge is 2.30. The average molecular weight is 284 g/mol. The lowest BCUT2D eigenvalue weighted by atomic mass is 9.99. The van der Waals surface area contributed by atoms with E-state index in [-0.39, 0.29) is 0 Å². The van der Waals surface area contributed by atoms with Crippen molar-refractivity contribution in [2.45, 2.75) is 39.3 Å². The summed E-state index contributed by atoms with van der Waals surface area (Å²) in [6.45, 7) is 6.71. The molecular weight excluding hydrogens is 260 g/mol. The Labute approximate surface area is 126 Å². The Balaban J connectivity index is 1.78. The van der Waals surface area contributed by atoms with Gasteiger partial charge in [0.2, 0.25) is 0 Å². The topological polar surface area (TPSA) is 34.0 Å². The molecule has 1 aliphatic rings. The van der Waals surface area contributed by atoms with Crippen molar-refractivity contribution in [3.63, 3.8) is 0 Å². The monoisotopic (exact) mass is 284 g/mol. The maximum absolute atomic E-state index is 4.41. The first-order valence-electron chi connectivity index (χ1n) is 7.88. The van der Waals surface area contributed by atoms with Gasteiger partial charge in [0.25, 0.3) is 0 Å². The predicted octanol–water partition coefficient (Wildman–Crippen LogP) is 3.10. The van der Waals surface area contributed by atoms with Crippen molar-refractivity contribution < 1.29 is 0 Å². The molecule has 0 saturated carbocycles. The summed E-state index contributed by atoms with van der Waals surface area (Å²) in [5, 5.41) is 8.79. The van der Waals surface area contributed by atoms with Gasteiger partial charge < -0.3 is 4.57 Å². The number of likely N-dealkylation sites (tertiary alicyclic amines) is 1. The third kappa shape index (κ3) is 2.72. The van der Waals surface area contributed by atoms with Gasteiger partial charge in [-0.2, -0.15) is 0 Å². The van der Waals surface area contributed by atoms with Gasteiger partial charge in [0.1, 0.15) is 5.82 Å². The van der Waals surface area contributed by atoms with Gasteiger partial charge in [-0.25, -0.2) is 0 Å². The van der Waals surface area contributed by atoms with Crippen LogP contribution in [0.1, 0.15) is 32.5 Å². The van der Waals surface area contributed by atoms with Gasteiger partial charge in [-0.15, -0.1) is 10.2 Å². The number of hydrogen-bond acceptors (Lipinski definition) is 3. The van der Waals surface area contributed by atoms with E-state index in [1.165, 1.54) is 19.4 Å². The van der Waals surface area contributed by atoms with Gasteiger partial charge >= 0.3 is 0 Å². The second-order valence-electron chi connectivity index (χ2n) is 6.03. The molecule has 0 amide bonds. The van der Waals surface area contributed by atoms with Crippen LogP contribution in [0.25, 0.3) is 11.4 Å². The van der Waals surface area contributed by atoms with Crippen LogP contribution in [0.4, 0.5) is 0 Å². The smallest absolute Gasteiger partial charge is 0.163 e. The minimum absolute atomic E-state index is 0.645. The van der Waals surface area contributed by atoms with E-state index in [0.717, 1.165) is 29.7 Å². The largest absolute Gasteiger partial charge is 0.313 e. The zero-order chi connectivity index (χ0) is 14.8. The van der Waals surface area contributed by atoms with Crippen molar-refractivity contribution >= 4 is 0 Å². The summed E-state index contributed by atoms with van der Waals surface area (Å²) in [5.41, 5.74) is 1.12. The second-order valence-corrected chi connectivity index (χ2v) is 6.03. The third-order valence-electron chi connectivity index (χ3n) is 4.91. The number of nitrogens with zero attached hydrogens (tertiary/aromatic N) is 4. The normalized spacial score (nSPS) is 22.8. The third-order valence-corrected chi connectivity index (χ3v) is 4.91. The Morgan fingerprint density at radius 2 is 1.95 bits per heavy atom. The maximum atomic E-state index is 4.41. The van der Waals surface area contributed by atoms with Crippen LogP contribution >= 0.6 is 0 Å². The summed E-state index contributed by atoms with van der Waals surface area (Å²) < 4.78 is 2.13. The van der Waals surface area contributed by atoms with E-state index in [2.05, 4.69) is 52.7 Å². The molecule has 1 fully saturated rings.